The Hall–Kier alpha value is -2.34. The largest absolute Gasteiger partial charge is 0.381 e. The van der Waals surface area contributed by atoms with Gasteiger partial charge < -0.3 is 10.1 Å². The number of hydrogen-bond acceptors (Lipinski definition) is 5. The Morgan fingerprint density at radius 3 is 2.82 bits per heavy atom. The van der Waals surface area contributed by atoms with E-state index in [-0.39, 0.29) is 5.91 Å². The molecule has 1 aliphatic heterocycles. The van der Waals surface area contributed by atoms with E-state index >= 15 is 0 Å². The number of aromatic nitrogens is 3. The molecule has 0 radical (unpaired) electrons. The van der Waals surface area contributed by atoms with Gasteiger partial charge in [-0.1, -0.05) is 6.07 Å². The van der Waals surface area contributed by atoms with Gasteiger partial charge >= 0.3 is 0 Å². The Kier molecular flexibility index (Phi) is 4.70. The normalized spacial score (nSPS) is 17.4. The van der Waals surface area contributed by atoms with E-state index in [1.165, 1.54) is 12.4 Å². The van der Waals surface area contributed by atoms with Gasteiger partial charge in [0.25, 0.3) is 5.91 Å². The summed E-state index contributed by atoms with van der Waals surface area (Å²) in [4.78, 5) is 24.6. The highest BCUT2D eigenvalue weighted by Crippen LogP contribution is 2.15. The molecule has 6 heteroatoms. The third-order valence-corrected chi connectivity index (χ3v) is 3.67. The Balaban J connectivity index is 1.54. The Bertz CT molecular complexity index is 610. The molecule has 0 spiro atoms. The van der Waals surface area contributed by atoms with Crippen molar-refractivity contribution in [3.63, 3.8) is 0 Å². The fourth-order valence-electron chi connectivity index (χ4n) is 2.38. The van der Waals surface area contributed by atoms with E-state index < -0.39 is 0 Å². The minimum absolute atomic E-state index is 0.147. The molecule has 1 amide bonds. The summed E-state index contributed by atoms with van der Waals surface area (Å²) < 4.78 is 5.32. The molecule has 0 aromatic carbocycles. The maximum absolute atomic E-state index is 12.0. The summed E-state index contributed by atoms with van der Waals surface area (Å²) in [6.07, 6.45) is 6.78. The van der Waals surface area contributed by atoms with Crippen LogP contribution in [0.5, 0.6) is 0 Å². The van der Waals surface area contributed by atoms with Crippen LogP contribution < -0.4 is 5.32 Å². The number of carbonyl (C=O) groups is 1. The van der Waals surface area contributed by atoms with Gasteiger partial charge in [0.15, 0.2) is 5.82 Å². The van der Waals surface area contributed by atoms with Gasteiger partial charge in [-0.15, -0.1) is 0 Å². The van der Waals surface area contributed by atoms with Crippen LogP contribution in [-0.2, 0) is 4.74 Å². The lowest BCUT2D eigenvalue weighted by Gasteiger charge is -2.08. The highest BCUT2D eigenvalue weighted by atomic mass is 16.5. The monoisotopic (exact) mass is 298 g/mol. The Morgan fingerprint density at radius 1 is 1.27 bits per heavy atom. The van der Waals surface area contributed by atoms with Crippen molar-refractivity contribution in [1.82, 2.24) is 20.3 Å². The summed E-state index contributed by atoms with van der Waals surface area (Å²) >= 11 is 0. The molecule has 0 bridgehead atoms. The first kappa shape index (κ1) is 14.6. The molecule has 22 heavy (non-hydrogen) atoms. The van der Waals surface area contributed by atoms with Gasteiger partial charge in [0.1, 0.15) is 5.69 Å². The number of pyridine rings is 1. The van der Waals surface area contributed by atoms with Crippen molar-refractivity contribution in [1.29, 1.82) is 0 Å². The number of carbonyl (C=O) groups excluding carboxylic acids is 1. The van der Waals surface area contributed by atoms with Crippen molar-refractivity contribution in [3.05, 3.63) is 42.4 Å². The summed E-state index contributed by atoms with van der Waals surface area (Å²) in [5.41, 5.74) is 1.15. The van der Waals surface area contributed by atoms with Crippen LogP contribution in [0.15, 0.2) is 36.8 Å². The lowest BCUT2D eigenvalue weighted by molar-refractivity contribution is 0.0949. The van der Waals surface area contributed by atoms with Crippen LogP contribution in [0, 0.1) is 5.92 Å². The minimum Gasteiger partial charge on any atom is -0.381 e. The maximum Gasteiger partial charge on any atom is 0.254 e. The second kappa shape index (κ2) is 7.09. The molecular weight excluding hydrogens is 280 g/mol. The molecule has 1 atom stereocenters. The minimum atomic E-state index is -0.147. The standard InChI is InChI=1S/C16H18N4O2/c21-16(18-7-4-12-5-8-22-11-12)13-9-19-15(20-10-13)14-3-1-2-6-17-14/h1-3,6,9-10,12H,4-5,7-8,11H2,(H,18,21)/t12-/m1/s1. The number of nitrogens with zero attached hydrogens (tertiary/aromatic N) is 3. The number of ether oxygens (including phenoxy) is 1. The van der Waals surface area contributed by atoms with Crippen molar-refractivity contribution in [3.8, 4) is 11.5 Å². The van der Waals surface area contributed by atoms with E-state index in [1.807, 2.05) is 18.2 Å². The van der Waals surface area contributed by atoms with E-state index in [4.69, 9.17) is 4.74 Å². The van der Waals surface area contributed by atoms with Crippen LogP contribution in [0.2, 0.25) is 0 Å². The predicted octanol–water partition coefficient (Wildman–Crippen LogP) is 1.70. The van der Waals surface area contributed by atoms with E-state index in [0.717, 1.165) is 26.1 Å². The second-order valence-electron chi connectivity index (χ2n) is 5.28. The van der Waals surface area contributed by atoms with Crippen LogP contribution in [0.1, 0.15) is 23.2 Å². The molecule has 2 aromatic heterocycles. The molecule has 2 aromatic rings. The fourth-order valence-corrected chi connectivity index (χ4v) is 2.38. The highest BCUT2D eigenvalue weighted by molar-refractivity contribution is 5.93. The maximum atomic E-state index is 12.0. The highest BCUT2D eigenvalue weighted by Gasteiger charge is 2.15. The molecule has 1 aliphatic rings. The molecule has 114 valence electrons. The summed E-state index contributed by atoms with van der Waals surface area (Å²) in [5, 5.41) is 2.89. The van der Waals surface area contributed by atoms with Crippen molar-refractivity contribution in [2.24, 2.45) is 5.92 Å². The van der Waals surface area contributed by atoms with Crippen LogP contribution in [0.3, 0.4) is 0 Å². The second-order valence-corrected chi connectivity index (χ2v) is 5.28. The molecule has 1 fully saturated rings. The first-order valence-electron chi connectivity index (χ1n) is 7.42. The van der Waals surface area contributed by atoms with E-state index in [9.17, 15) is 4.79 Å². The number of hydrogen-bond donors (Lipinski definition) is 1. The average Bonchev–Trinajstić information content (AvgIpc) is 3.09. The third-order valence-electron chi connectivity index (χ3n) is 3.67. The lowest BCUT2D eigenvalue weighted by Crippen LogP contribution is -2.26. The molecule has 6 nitrogen and oxygen atoms in total. The molecule has 3 heterocycles. The smallest absolute Gasteiger partial charge is 0.254 e. The van der Waals surface area contributed by atoms with Gasteiger partial charge in [0.2, 0.25) is 0 Å². The summed E-state index contributed by atoms with van der Waals surface area (Å²) in [7, 11) is 0. The van der Waals surface area contributed by atoms with Crippen molar-refractivity contribution >= 4 is 5.91 Å². The SMILES string of the molecule is O=C(NCC[C@@H]1CCOC1)c1cnc(-c2ccccn2)nc1. The Morgan fingerprint density at radius 2 is 2.14 bits per heavy atom. The van der Waals surface area contributed by atoms with Gasteiger partial charge in [0.05, 0.1) is 5.56 Å². The summed E-state index contributed by atoms with van der Waals surface area (Å²) in [6, 6.07) is 5.54. The summed E-state index contributed by atoms with van der Waals surface area (Å²) in [5.74, 6) is 0.926. The number of amides is 1. The summed E-state index contributed by atoms with van der Waals surface area (Å²) in [6.45, 7) is 2.29. The average molecular weight is 298 g/mol. The number of nitrogens with one attached hydrogen (secondary N) is 1. The number of rotatable bonds is 5. The first-order valence-corrected chi connectivity index (χ1v) is 7.42. The fraction of sp³-hybridized carbons (Fsp3) is 0.375. The topological polar surface area (TPSA) is 77.0 Å². The molecule has 0 aliphatic carbocycles. The molecule has 0 unspecified atom stereocenters. The van der Waals surface area contributed by atoms with Crippen molar-refractivity contribution in [2.45, 2.75) is 12.8 Å². The first-order chi connectivity index (χ1) is 10.8. The lowest BCUT2D eigenvalue weighted by atomic mass is 10.1. The van der Waals surface area contributed by atoms with Crippen LogP contribution in [0.25, 0.3) is 11.5 Å². The predicted molar refractivity (Wildman–Crippen MR) is 81.1 cm³/mol. The zero-order valence-electron chi connectivity index (χ0n) is 12.2. The Labute approximate surface area is 129 Å². The van der Waals surface area contributed by atoms with E-state index in [2.05, 4.69) is 20.3 Å². The van der Waals surface area contributed by atoms with E-state index in [0.29, 0.717) is 29.5 Å². The molecule has 1 N–H and O–H groups in total. The van der Waals surface area contributed by atoms with Crippen LogP contribution in [-0.4, -0.2) is 40.6 Å². The van der Waals surface area contributed by atoms with Crippen molar-refractivity contribution in [2.75, 3.05) is 19.8 Å². The van der Waals surface area contributed by atoms with Gasteiger partial charge in [-0.3, -0.25) is 9.78 Å². The molecular formula is C16H18N4O2. The van der Waals surface area contributed by atoms with Crippen LogP contribution >= 0.6 is 0 Å². The molecule has 1 saturated heterocycles. The third kappa shape index (κ3) is 3.65. The van der Waals surface area contributed by atoms with Crippen molar-refractivity contribution < 1.29 is 9.53 Å². The van der Waals surface area contributed by atoms with E-state index in [1.54, 1.807) is 6.20 Å². The van der Waals surface area contributed by atoms with Gasteiger partial charge in [-0.2, -0.15) is 0 Å². The quantitative estimate of drug-likeness (QED) is 0.909. The van der Waals surface area contributed by atoms with Gasteiger partial charge in [-0.25, -0.2) is 9.97 Å². The van der Waals surface area contributed by atoms with Gasteiger partial charge in [-0.05, 0) is 30.9 Å². The zero-order chi connectivity index (χ0) is 15.2. The molecule has 3 rings (SSSR count). The van der Waals surface area contributed by atoms with Crippen LogP contribution in [0.4, 0.5) is 0 Å². The zero-order valence-corrected chi connectivity index (χ0v) is 12.2. The molecule has 0 saturated carbocycles. The van der Waals surface area contributed by atoms with Gasteiger partial charge in [0, 0.05) is 38.3 Å².